The molecule has 4 rings (SSSR count). The molecule has 1 saturated carbocycles. The van der Waals surface area contributed by atoms with Crippen LogP contribution in [0.2, 0.25) is 0 Å². The monoisotopic (exact) mass is 413 g/mol. The minimum atomic E-state index is 0.0180. The van der Waals surface area contributed by atoms with Crippen molar-refractivity contribution >= 4 is 0 Å². The molecule has 1 aliphatic rings. The van der Waals surface area contributed by atoms with Gasteiger partial charge in [-0.2, -0.15) is 0 Å². The number of benzene rings is 3. The summed E-state index contributed by atoms with van der Waals surface area (Å²) in [6.07, 6.45) is 2.26. The van der Waals surface area contributed by atoms with Crippen molar-refractivity contribution in [1.82, 2.24) is 4.90 Å². The molecule has 0 spiro atoms. The van der Waals surface area contributed by atoms with Gasteiger partial charge < -0.3 is 9.64 Å². The minimum Gasteiger partial charge on any atom is -0.492 e. The molecule has 0 aromatic heterocycles. The van der Waals surface area contributed by atoms with E-state index in [9.17, 15) is 0 Å². The van der Waals surface area contributed by atoms with Gasteiger partial charge in [-0.05, 0) is 54.8 Å². The van der Waals surface area contributed by atoms with Crippen molar-refractivity contribution < 1.29 is 4.74 Å². The van der Waals surface area contributed by atoms with Gasteiger partial charge in [0.1, 0.15) is 12.4 Å². The maximum absolute atomic E-state index is 6.06. The van der Waals surface area contributed by atoms with E-state index in [4.69, 9.17) is 4.74 Å². The molecular formula is C29H35NO. The average Bonchev–Trinajstić information content (AvgIpc) is 3.55. The van der Waals surface area contributed by atoms with Crippen LogP contribution in [0, 0.1) is 0 Å². The highest BCUT2D eigenvalue weighted by Gasteiger charge is 2.68. The Bertz CT molecular complexity index is 949. The van der Waals surface area contributed by atoms with Crippen LogP contribution in [0.1, 0.15) is 50.3 Å². The summed E-state index contributed by atoms with van der Waals surface area (Å²) in [5.74, 6) is 0.960. The van der Waals surface area contributed by atoms with E-state index < -0.39 is 0 Å². The van der Waals surface area contributed by atoms with Crippen molar-refractivity contribution in [2.45, 2.75) is 44.4 Å². The molecule has 2 unspecified atom stereocenters. The average molecular weight is 414 g/mol. The quantitative estimate of drug-likeness (QED) is 0.379. The highest BCUT2D eigenvalue weighted by molar-refractivity contribution is 5.58. The fraction of sp³-hybridized carbons (Fsp3) is 0.379. The van der Waals surface area contributed by atoms with Crippen LogP contribution in [0.4, 0.5) is 0 Å². The van der Waals surface area contributed by atoms with Crippen LogP contribution in [0.5, 0.6) is 5.75 Å². The Morgan fingerprint density at radius 3 is 1.81 bits per heavy atom. The first-order valence-electron chi connectivity index (χ1n) is 11.8. The lowest BCUT2D eigenvalue weighted by Crippen LogP contribution is -2.27. The molecule has 1 fully saturated rings. The van der Waals surface area contributed by atoms with Crippen LogP contribution in [0.25, 0.3) is 0 Å². The molecule has 0 aliphatic heterocycles. The van der Waals surface area contributed by atoms with E-state index in [-0.39, 0.29) is 10.8 Å². The van der Waals surface area contributed by atoms with Crippen molar-refractivity contribution in [3.05, 3.63) is 102 Å². The Labute approximate surface area is 187 Å². The van der Waals surface area contributed by atoms with Crippen LogP contribution in [-0.2, 0) is 10.8 Å². The van der Waals surface area contributed by atoms with Crippen molar-refractivity contribution in [3.63, 3.8) is 0 Å². The molecule has 3 aromatic rings. The predicted molar refractivity (Wildman–Crippen MR) is 130 cm³/mol. The van der Waals surface area contributed by atoms with Gasteiger partial charge in [0.25, 0.3) is 0 Å². The SMILES string of the molecule is CCN(CC)CCOc1ccc(C2(c3ccccc3)CC2(CC)c2ccccc2)cc1. The van der Waals surface area contributed by atoms with Gasteiger partial charge in [0.15, 0.2) is 0 Å². The fourth-order valence-corrected chi connectivity index (χ4v) is 5.46. The molecule has 2 nitrogen and oxygen atoms in total. The van der Waals surface area contributed by atoms with Crippen molar-refractivity contribution in [1.29, 1.82) is 0 Å². The van der Waals surface area contributed by atoms with Crippen molar-refractivity contribution in [2.75, 3.05) is 26.2 Å². The molecule has 0 amide bonds. The predicted octanol–water partition coefficient (Wildman–Crippen LogP) is 6.45. The first kappa shape index (κ1) is 21.6. The molecule has 0 bridgehead atoms. The maximum Gasteiger partial charge on any atom is 0.119 e. The molecule has 0 heterocycles. The molecule has 31 heavy (non-hydrogen) atoms. The summed E-state index contributed by atoms with van der Waals surface area (Å²) in [7, 11) is 0. The van der Waals surface area contributed by atoms with Gasteiger partial charge in [-0.1, -0.05) is 93.6 Å². The van der Waals surface area contributed by atoms with E-state index in [1.54, 1.807) is 0 Å². The van der Waals surface area contributed by atoms with Gasteiger partial charge in [0.2, 0.25) is 0 Å². The smallest absolute Gasteiger partial charge is 0.119 e. The van der Waals surface area contributed by atoms with Crippen LogP contribution >= 0.6 is 0 Å². The molecule has 0 saturated heterocycles. The van der Waals surface area contributed by atoms with Crippen molar-refractivity contribution in [3.8, 4) is 5.75 Å². The van der Waals surface area contributed by atoms with Crippen LogP contribution < -0.4 is 4.74 Å². The molecular weight excluding hydrogens is 378 g/mol. The summed E-state index contributed by atoms with van der Waals surface area (Å²) in [4.78, 5) is 2.39. The number of rotatable bonds is 10. The Kier molecular flexibility index (Phi) is 6.48. The zero-order valence-corrected chi connectivity index (χ0v) is 19.2. The normalized spacial score (nSPS) is 22.5. The Morgan fingerprint density at radius 2 is 1.26 bits per heavy atom. The van der Waals surface area contributed by atoms with Gasteiger partial charge in [0, 0.05) is 17.4 Å². The number of hydrogen-bond acceptors (Lipinski definition) is 2. The molecule has 2 atom stereocenters. The second-order valence-corrected chi connectivity index (χ2v) is 8.65. The van der Waals surface area contributed by atoms with E-state index >= 15 is 0 Å². The third-order valence-electron chi connectivity index (χ3n) is 7.37. The number of hydrogen-bond donors (Lipinski definition) is 0. The Morgan fingerprint density at radius 1 is 0.710 bits per heavy atom. The van der Waals surface area contributed by atoms with Crippen LogP contribution in [0.3, 0.4) is 0 Å². The van der Waals surface area contributed by atoms with Crippen LogP contribution in [0.15, 0.2) is 84.9 Å². The summed E-state index contributed by atoms with van der Waals surface area (Å²) >= 11 is 0. The standard InChI is InChI=1S/C29H35NO/c1-4-28(24-13-9-7-10-14-24)23-29(28,25-15-11-8-12-16-25)26-17-19-27(20-18-26)31-22-21-30(5-2)6-3/h7-20H,4-6,21-23H2,1-3H3. The molecule has 3 aromatic carbocycles. The topological polar surface area (TPSA) is 12.5 Å². The number of nitrogens with zero attached hydrogens (tertiary/aromatic N) is 1. The van der Waals surface area contributed by atoms with Gasteiger partial charge in [-0.3, -0.25) is 0 Å². The molecule has 162 valence electrons. The van der Waals surface area contributed by atoms with E-state index in [1.807, 2.05) is 0 Å². The third kappa shape index (κ3) is 3.90. The van der Waals surface area contributed by atoms with Crippen molar-refractivity contribution in [2.24, 2.45) is 0 Å². The summed E-state index contributed by atoms with van der Waals surface area (Å²) < 4.78 is 6.06. The fourth-order valence-electron chi connectivity index (χ4n) is 5.46. The minimum absolute atomic E-state index is 0.0180. The summed E-state index contributed by atoms with van der Waals surface area (Å²) in [6, 6.07) is 31.0. The number of ether oxygens (including phenoxy) is 1. The van der Waals surface area contributed by atoms with E-state index in [1.165, 1.54) is 16.7 Å². The largest absolute Gasteiger partial charge is 0.492 e. The molecule has 1 aliphatic carbocycles. The first-order chi connectivity index (χ1) is 15.2. The molecule has 0 N–H and O–H groups in total. The molecule has 0 radical (unpaired) electrons. The maximum atomic E-state index is 6.06. The highest BCUT2D eigenvalue weighted by atomic mass is 16.5. The van der Waals surface area contributed by atoms with E-state index in [0.29, 0.717) is 0 Å². The third-order valence-corrected chi connectivity index (χ3v) is 7.37. The molecule has 2 heteroatoms. The lowest BCUT2D eigenvalue weighted by molar-refractivity contribution is 0.223. The second-order valence-electron chi connectivity index (χ2n) is 8.65. The Balaban J connectivity index is 1.63. The summed E-state index contributed by atoms with van der Waals surface area (Å²) in [5, 5.41) is 0. The summed E-state index contributed by atoms with van der Waals surface area (Å²) in [5.41, 5.74) is 4.41. The van der Waals surface area contributed by atoms with E-state index in [2.05, 4.69) is 111 Å². The summed E-state index contributed by atoms with van der Waals surface area (Å²) in [6.45, 7) is 10.6. The second kappa shape index (κ2) is 9.28. The lowest BCUT2D eigenvalue weighted by Gasteiger charge is -2.27. The lowest BCUT2D eigenvalue weighted by atomic mass is 9.76. The van der Waals surface area contributed by atoms with Gasteiger partial charge >= 0.3 is 0 Å². The van der Waals surface area contributed by atoms with Gasteiger partial charge in [-0.15, -0.1) is 0 Å². The van der Waals surface area contributed by atoms with Crippen LogP contribution in [-0.4, -0.2) is 31.1 Å². The van der Waals surface area contributed by atoms with Gasteiger partial charge in [-0.25, -0.2) is 0 Å². The highest BCUT2D eigenvalue weighted by Crippen LogP contribution is 2.70. The first-order valence-corrected chi connectivity index (χ1v) is 11.8. The van der Waals surface area contributed by atoms with E-state index in [0.717, 1.165) is 44.8 Å². The Hall–Kier alpha value is -2.58. The zero-order chi connectivity index (χ0) is 21.7. The zero-order valence-electron chi connectivity index (χ0n) is 19.2. The van der Waals surface area contributed by atoms with Gasteiger partial charge in [0.05, 0.1) is 0 Å². The number of likely N-dealkylation sites (N-methyl/N-ethyl adjacent to an activating group) is 1.